The van der Waals surface area contributed by atoms with Crippen molar-refractivity contribution in [3.63, 3.8) is 0 Å². The summed E-state index contributed by atoms with van der Waals surface area (Å²) in [5, 5.41) is 8.95. The largest absolute Gasteiger partial charge is 0.394 e. The number of rotatable bonds is 32. The highest BCUT2D eigenvalue weighted by molar-refractivity contribution is 4.60. The smallest absolute Gasteiger partial charge is 0.0698 e. The Labute approximate surface area is 227 Å². The molecule has 0 heterocycles. The summed E-state index contributed by atoms with van der Waals surface area (Å²) in [5.74, 6) is 0. The van der Waals surface area contributed by atoms with E-state index in [1.165, 1.54) is 154 Å². The van der Waals surface area contributed by atoms with E-state index in [0.29, 0.717) is 6.61 Å². The number of ether oxygens (including phenoxy) is 2. The molecule has 0 aliphatic carbocycles. The van der Waals surface area contributed by atoms with Gasteiger partial charge in [0.05, 0.1) is 19.8 Å². The fourth-order valence-corrected chi connectivity index (χ4v) is 4.85. The molecular weight excluding hydrogens is 446 g/mol. The van der Waals surface area contributed by atoms with Crippen LogP contribution in [0.1, 0.15) is 155 Å². The van der Waals surface area contributed by atoms with Crippen molar-refractivity contribution in [3.8, 4) is 0 Å². The van der Waals surface area contributed by atoms with Gasteiger partial charge in [-0.05, 0) is 38.8 Å². The van der Waals surface area contributed by atoms with Crippen LogP contribution in [0.3, 0.4) is 0 Å². The van der Waals surface area contributed by atoms with E-state index in [9.17, 15) is 0 Å². The Morgan fingerprint density at radius 2 is 0.750 bits per heavy atom. The fraction of sp³-hybridized carbons (Fsp3) is 1.00. The van der Waals surface area contributed by atoms with Gasteiger partial charge in [-0.15, -0.1) is 0 Å². The van der Waals surface area contributed by atoms with E-state index in [2.05, 4.69) is 18.7 Å². The number of nitrogens with zero attached hydrogens (tertiary/aromatic N) is 1. The maximum absolute atomic E-state index is 8.95. The fourth-order valence-electron chi connectivity index (χ4n) is 4.85. The number of hydrogen-bond acceptors (Lipinski definition) is 4. The molecule has 36 heavy (non-hydrogen) atoms. The maximum atomic E-state index is 8.95. The van der Waals surface area contributed by atoms with Crippen molar-refractivity contribution >= 4 is 0 Å². The molecule has 0 rings (SSSR count). The molecule has 0 radical (unpaired) electrons. The summed E-state index contributed by atoms with van der Waals surface area (Å²) < 4.78 is 11.3. The minimum Gasteiger partial charge on any atom is -0.394 e. The lowest BCUT2D eigenvalue weighted by molar-refractivity contribution is 0.0727. The Bertz CT molecular complexity index is 380. The zero-order chi connectivity index (χ0) is 26.2. The first kappa shape index (κ1) is 35.8. The third-order valence-electron chi connectivity index (χ3n) is 7.27. The first-order valence-electron chi connectivity index (χ1n) is 16.3. The highest BCUT2D eigenvalue weighted by atomic mass is 16.5. The number of aliphatic hydroxyl groups is 1. The van der Waals surface area contributed by atoms with Gasteiger partial charge in [-0.25, -0.2) is 0 Å². The Kier molecular flexibility index (Phi) is 32.7. The lowest BCUT2D eigenvalue weighted by Crippen LogP contribution is -2.30. The Morgan fingerprint density at radius 1 is 0.389 bits per heavy atom. The first-order valence-corrected chi connectivity index (χ1v) is 16.3. The van der Waals surface area contributed by atoms with Crippen LogP contribution < -0.4 is 0 Å². The molecule has 0 bridgehead atoms. The average Bonchev–Trinajstić information content (AvgIpc) is 2.89. The zero-order valence-corrected chi connectivity index (χ0v) is 24.9. The van der Waals surface area contributed by atoms with Gasteiger partial charge in [0.2, 0.25) is 0 Å². The second-order valence-corrected chi connectivity index (χ2v) is 10.9. The summed E-state index contributed by atoms with van der Waals surface area (Å²) in [5.41, 5.74) is 0. The molecule has 0 unspecified atom stereocenters. The predicted octanol–water partition coefficient (Wildman–Crippen LogP) is 8.94. The van der Waals surface area contributed by atoms with Crippen molar-refractivity contribution in [1.82, 2.24) is 4.90 Å². The van der Waals surface area contributed by atoms with Gasteiger partial charge in [0.15, 0.2) is 0 Å². The second kappa shape index (κ2) is 32.9. The van der Waals surface area contributed by atoms with Crippen molar-refractivity contribution in [3.05, 3.63) is 0 Å². The van der Waals surface area contributed by atoms with Crippen molar-refractivity contribution in [2.24, 2.45) is 0 Å². The van der Waals surface area contributed by atoms with E-state index in [4.69, 9.17) is 14.6 Å². The first-order chi connectivity index (χ1) is 17.8. The summed E-state index contributed by atoms with van der Waals surface area (Å²) in [7, 11) is 0. The Balaban J connectivity index is 3.64. The molecule has 0 saturated heterocycles. The van der Waals surface area contributed by atoms with Gasteiger partial charge in [-0.2, -0.15) is 0 Å². The van der Waals surface area contributed by atoms with Gasteiger partial charge >= 0.3 is 0 Å². The standard InChI is InChI=1S/C32H67NO3/c1-3-5-7-9-10-11-12-13-14-15-17-21-25-33(27-31-36-32-28-34)26-22-18-16-20-24-30-35-29-23-19-8-6-4-2/h34H,3-32H2,1-2H3. The van der Waals surface area contributed by atoms with Crippen LogP contribution >= 0.6 is 0 Å². The molecule has 0 aliphatic rings. The molecule has 1 N–H and O–H groups in total. The summed E-state index contributed by atoms with van der Waals surface area (Å²) in [6.07, 6.45) is 29.9. The van der Waals surface area contributed by atoms with E-state index in [1.54, 1.807) is 0 Å². The molecule has 0 saturated carbocycles. The van der Waals surface area contributed by atoms with Crippen LogP contribution in [0.2, 0.25) is 0 Å². The molecule has 0 amide bonds. The van der Waals surface area contributed by atoms with Gasteiger partial charge in [0.25, 0.3) is 0 Å². The monoisotopic (exact) mass is 514 g/mol. The zero-order valence-electron chi connectivity index (χ0n) is 24.9. The Morgan fingerprint density at radius 3 is 1.17 bits per heavy atom. The van der Waals surface area contributed by atoms with E-state index in [-0.39, 0.29) is 6.61 Å². The summed E-state index contributed by atoms with van der Waals surface area (Å²) in [4.78, 5) is 2.59. The van der Waals surface area contributed by atoms with Crippen molar-refractivity contribution in [2.45, 2.75) is 155 Å². The topological polar surface area (TPSA) is 41.9 Å². The van der Waals surface area contributed by atoms with Gasteiger partial charge in [0, 0.05) is 19.8 Å². The van der Waals surface area contributed by atoms with Gasteiger partial charge in [0.1, 0.15) is 0 Å². The van der Waals surface area contributed by atoms with Crippen LogP contribution in [0.15, 0.2) is 0 Å². The van der Waals surface area contributed by atoms with Crippen LogP contribution in [-0.4, -0.2) is 62.7 Å². The minimum absolute atomic E-state index is 0.126. The third kappa shape index (κ3) is 30.1. The quantitative estimate of drug-likeness (QED) is 0.0911. The molecule has 4 nitrogen and oxygen atoms in total. The SMILES string of the molecule is CCCCCCCCCCCCCCN(CCCCCCCOCCCCCCC)CCOCCO. The lowest BCUT2D eigenvalue weighted by Gasteiger charge is -2.22. The average molecular weight is 514 g/mol. The minimum atomic E-state index is 0.126. The van der Waals surface area contributed by atoms with Crippen LogP contribution in [0, 0.1) is 0 Å². The summed E-state index contributed by atoms with van der Waals surface area (Å²) >= 11 is 0. The molecule has 0 aromatic rings. The normalized spacial score (nSPS) is 11.7. The number of unbranched alkanes of at least 4 members (excludes halogenated alkanes) is 19. The molecule has 0 spiro atoms. The highest BCUT2D eigenvalue weighted by Crippen LogP contribution is 2.13. The third-order valence-corrected chi connectivity index (χ3v) is 7.27. The summed E-state index contributed by atoms with van der Waals surface area (Å²) in [6, 6.07) is 0. The van der Waals surface area contributed by atoms with E-state index < -0.39 is 0 Å². The van der Waals surface area contributed by atoms with E-state index in [1.807, 2.05) is 0 Å². The Hall–Kier alpha value is -0.160. The molecule has 0 aromatic carbocycles. The van der Waals surface area contributed by atoms with Gasteiger partial charge in [-0.1, -0.05) is 129 Å². The predicted molar refractivity (Wildman–Crippen MR) is 158 cm³/mol. The van der Waals surface area contributed by atoms with Crippen molar-refractivity contribution in [2.75, 3.05) is 52.7 Å². The van der Waals surface area contributed by atoms with Crippen LogP contribution in [0.5, 0.6) is 0 Å². The molecule has 218 valence electrons. The van der Waals surface area contributed by atoms with Gasteiger partial charge in [-0.3, -0.25) is 0 Å². The van der Waals surface area contributed by atoms with Crippen molar-refractivity contribution in [1.29, 1.82) is 0 Å². The maximum Gasteiger partial charge on any atom is 0.0698 e. The molecule has 0 aromatic heterocycles. The van der Waals surface area contributed by atoms with E-state index >= 15 is 0 Å². The number of hydrogen-bond donors (Lipinski definition) is 1. The molecular formula is C32H67NO3. The van der Waals surface area contributed by atoms with Crippen LogP contribution in [0.25, 0.3) is 0 Å². The highest BCUT2D eigenvalue weighted by Gasteiger charge is 2.05. The molecule has 0 fully saturated rings. The van der Waals surface area contributed by atoms with E-state index in [0.717, 1.165) is 26.4 Å². The van der Waals surface area contributed by atoms with Gasteiger partial charge < -0.3 is 19.5 Å². The summed E-state index contributed by atoms with van der Waals surface area (Å²) in [6.45, 7) is 11.2. The molecule has 0 aliphatic heterocycles. The second-order valence-electron chi connectivity index (χ2n) is 10.9. The van der Waals surface area contributed by atoms with Crippen LogP contribution in [0.4, 0.5) is 0 Å². The molecule has 4 heteroatoms. The van der Waals surface area contributed by atoms with Crippen LogP contribution in [-0.2, 0) is 9.47 Å². The lowest BCUT2D eigenvalue weighted by atomic mass is 10.1. The number of aliphatic hydroxyl groups excluding tert-OH is 1. The molecule has 0 atom stereocenters. The van der Waals surface area contributed by atoms with Crippen molar-refractivity contribution < 1.29 is 14.6 Å².